The van der Waals surface area contributed by atoms with Crippen LogP contribution in [-0.4, -0.2) is 43.0 Å². The Balaban J connectivity index is 1.51. The average molecular weight is 287 g/mol. The fraction of sp³-hybridized carbons (Fsp3) is 0.588. The van der Waals surface area contributed by atoms with E-state index in [0.717, 1.165) is 37.7 Å². The van der Waals surface area contributed by atoms with Crippen molar-refractivity contribution in [3.63, 3.8) is 0 Å². The van der Waals surface area contributed by atoms with Crippen LogP contribution in [0.25, 0.3) is 0 Å². The number of hydrogen-bond acceptors (Lipinski definition) is 3. The zero-order chi connectivity index (χ0) is 14.7. The first-order chi connectivity index (χ1) is 10.2. The highest BCUT2D eigenvalue weighted by Gasteiger charge is 2.32. The second-order valence-corrected chi connectivity index (χ2v) is 6.24. The summed E-state index contributed by atoms with van der Waals surface area (Å²) < 4.78 is 0. The maximum atomic E-state index is 12.2. The number of piperidine rings is 1. The first-order valence-corrected chi connectivity index (χ1v) is 8.09. The maximum Gasteiger partial charge on any atom is 0.238 e. The molecule has 1 aromatic carbocycles. The van der Waals surface area contributed by atoms with Crippen molar-refractivity contribution in [3.05, 3.63) is 29.8 Å². The van der Waals surface area contributed by atoms with Gasteiger partial charge in [0, 0.05) is 24.8 Å². The lowest BCUT2D eigenvalue weighted by Gasteiger charge is -2.34. The van der Waals surface area contributed by atoms with Crippen molar-refractivity contribution in [2.24, 2.45) is 5.92 Å². The van der Waals surface area contributed by atoms with E-state index in [-0.39, 0.29) is 5.91 Å². The van der Waals surface area contributed by atoms with Gasteiger partial charge in [-0.15, -0.1) is 0 Å². The van der Waals surface area contributed by atoms with Crippen LogP contribution in [0.3, 0.4) is 0 Å². The lowest BCUT2D eigenvalue weighted by atomic mass is 9.93. The zero-order valence-electron chi connectivity index (χ0n) is 12.8. The lowest BCUT2D eigenvalue weighted by Crippen LogP contribution is -2.46. The first-order valence-electron chi connectivity index (χ1n) is 8.09. The Kier molecular flexibility index (Phi) is 4.56. The summed E-state index contributed by atoms with van der Waals surface area (Å²) in [6.45, 7) is 5.86. The van der Waals surface area contributed by atoms with Gasteiger partial charge in [0.25, 0.3) is 0 Å². The van der Waals surface area contributed by atoms with Gasteiger partial charge in [0.05, 0.1) is 6.54 Å². The standard InChI is InChI=1S/C17H25N3O/c1-2-13-4-3-5-15(10-13)19-17(21)12-20-9-7-16-14(11-20)6-8-18-16/h3-5,10,14,16,18H,2,6-9,11-12H2,1H3,(H,19,21). The number of nitrogens with zero attached hydrogens (tertiary/aromatic N) is 1. The molecular weight excluding hydrogens is 262 g/mol. The van der Waals surface area contributed by atoms with Crippen LogP contribution in [0.4, 0.5) is 5.69 Å². The number of benzene rings is 1. The molecule has 1 amide bonds. The third kappa shape index (κ3) is 3.63. The van der Waals surface area contributed by atoms with Gasteiger partial charge in [-0.05, 0) is 49.4 Å². The molecule has 2 atom stereocenters. The van der Waals surface area contributed by atoms with Crippen molar-refractivity contribution in [3.8, 4) is 0 Å². The number of aryl methyl sites for hydroxylation is 1. The second-order valence-electron chi connectivity index (χ2n) is 6.24. The van der Waals surface area contributed by atoms with Crippen molar-refractivity contribution in [1.29, 1.82) is 0 Å². The number of anilines is 1. The molecule has 21 heavy (non-hydrogen) atoms. The van der Waals surface area contributed by atoms with Crippen molar-refractivity contribution in [1.82, 2.24) is 10.2 Å². The fourth-order valence-electron chi connectivity index (χ4n) is 3.54. The molecule has 0 bridgehead atoms. The Hall–Kier alpha value is -1.39. The van der Waals surface area contributed by atoms with Crippen molar-refractivity contribution < 1.29 is 4.79 Å². The number of hydrogen-bond donors (Lipinski definition) is 2. The summed E-state index contributed by atoms with van der Waals surface area (Å²) in [7, 11) is 0. The average Bonchev–Trinajstić information content (AvgIpc) is 2.95. The normalized spacial score (nSPS) is 25.6. The molecule has 4 heteroatoms. The van der Waals surface area contributed by atoms with Gasteiger partial charge in [-0.25, -0.2) is 0 Å². The summed E-state index contributed by atoms with van der Waals surface area (Å²) in [5, 5.41) is 6.59. The van der Waals surface area contributed by atoms with Crippen LogP contribution in [0.5, 0.6) is 0 Å². The Morgan fingerprint density at radius 1 is 1.43 bits per heavy atom. The van der Waals surface area contributed by atoms with Gasteiger partial charge >= 0.3 is 0 Å². The monoisotopic (exact) mass is 287 g/mol. The predicted molar refractivity (Wildman–Crippen MR) is 85.4 cm³/mol. The molecule has 0 radical (unpaired) electrons. The number of carbonyl (C=O) groups excluding carboxylic acids is 1. The third-order valence-electron chi connectivity index (χ3n) is 4.73. The summed E-state index contributed by atoms with van der Waals surface area (Å²) in [6, 6.07) is 8.80. The molecule has 2 heterocycles. The number of rotatable bonds is 4. The molecule has 0 spiro atoms. The topological polar surface area (TPSA) is 44.4 Å². The Morgan fingerprint density at radius 3 is 3.19 bits per heavy atom. The highest BCUT2D eigenvalue weighted by molar-refractivity contribution is 5.92. The van der Waals surface area contributed by atoms with Crippen LogP contribution in [0.15, 0.2) is 24.3 Å². The molecule has 2 unspecified atom stereocenters. The quantitative estimate of drug-likeness (QED) is 0.888. The molecular formula is C17H25N3O. The Bertz CT molecular complexity index is 503. The fourth-order valence-corrected chi connectivity index (χ4v) is 3.54. The van der Waals surface area contributed by atoms with Crippen LogP contribution >= 0.6 is 0 Å². The van der Waals surface area contributed by atoms with Crippen LogP contribution in [-0.2, 0) is 11.2 Å². The van der Waals surface area contributed by atoms with Gasteiger partial charge in [0.1, 0.15) is 0 Å². The molecule has 3 rings (SSSR count). The van der Waals surface area contributed by atoms with Crippen LogP contribution in [0.2, 0.25) is 0 Å². The number of carbonyl (C=O) groups is 1. The van der Waals surface area contributed by atoms with Crippen LogP contribution in [0.1, 0.15) is 25.3 Å². The molecule has 1 aromatic rings. The van der Waals surface area contributed by atoms with E-state index in [1.807, 2.05) is 12.1 Å². The largest absolute Gasteiger partial charge is 0.325 e. The minimum atomic E-state index is 0.104. The van der Waals surface area contributed by atoms with Crippen molar-refractivity contribution in [2.45, 2.75) is 32.2 Å². The maximum absolute atomic E-state index is 12.2. The van der Waals surface area contributed by atoms with Crippen molar-refractivity contribution >= 4 is 11.6 Å². The summed E-state index contributed by atoms with van der Waals surface area (Å²) in [5.41, 5.74) is 2.17. The number of fused-ring (bicyclic) bond motifs is 1. The van der Waals surface area contributed by atoms with Gasteiger partial charge in [-0.1, -0.05) is 19.1 Å². The molecule has 4 nitrogen and oxygen atoms in total. The molecule has 2 N–H and O–H groups in total. The first kappa shape index (κ1) is 14.5. The highest BCUT2D eigenvalue weighted by atomic mass is 16.2. The Morgan fingerprint density at radius 2 is 2.33 bits per heavy atom. The molecule has 2 saturated heterocycles. The minimum absolute atomic E-state index is 0.104. The molecule has 2 fully saturated rings. The molecule has 0 aliphatic carbocycles. The van der Waals surface area contributed by atoms with E-state index >= 15 is 0 Å². The summed E-state index contributed by atoms with van der Waals surface area (Å²) >= 11 is 0. The van der Waals surface area contributed by atoms with E-state index in [1.165, 1.54) is 18.4 Å². The molecule has 2 aliphatic rings. The number of likely N-dealkylation sites (tertiary alicyclic amines) is 1. The molecule has 2 aliphatic heterocycles. The predicted octanol–water partition coefficient (Wildman–Crippen LogP) is 1.87. The molecule has 114 valence electrons. The zero-order valence-corrected chi connectivity index (χ0v) is 12.8. The van der Waals surface area contributed by atoms with E-state index in [1.54, 1.807) is 0 Å². The van der Waals surface area contributed by atoms with E-state index in [4.69, 9.17) is 0 Å². The number of amides is 1. The lowest BCUT2D eigenvalue weighted by molar-refractivity contribution is -0.117. The SMILES string of the molecule is CCc1cccc(NC(=O)CN2CCC3NCCC3C2)c1. The van der Waals surface area contributed by atoms with Crippen molar-refractivity contribution in [2.75, 3.05) is 31.5 Å². The van der Waals surface area contributed by atoms with E-state index in [0.29, 0.717) is 12.6 Å². The summed E-state index contributed by atoms with van der Waals surface area (Å²) in [4.78, 5) is 14.5. The summed E-state index contributed by atoms with van der Waals surface area (Å²) in [5.74, 6) is 0.836. The minimum Gasteiger partial charge on any atom is -0.325 e. The van der Waals surface area contributed by atoms with E-state index < -0.39 is 0 Å². The van der Waals surface area contributed by atoms with Gasteiger partial charge in [-0.3, -0.25) is 9.69 Å². The molecule has 0 saturated carbocycles. The Labute approximate surface area is 126 Å². The van der Waals surface area contributed by atoms with Crippen LogP contribution in [0, 0.1) is 5.92 Å². The molecule has 0 aromatic heterocycles. The van der Waals surface area contributed by atoms with Gasteiger partial charge in [-0.2, -0.15) is 0 Å². The smallest absolute Gasteiger partial charge is 0.238 e. The second kappa shape index (κ2) is 6.58. The highest BCUT2D eigenvalue weighted by Crippen LogP contribution is 2.24. The number of nitrogens with one attached hydrogen (secondary N) is 2. The van der Waals surface area contributed by atoms with Gasteiger partial charge in [0.15, 0.2) is 0 Å². The third-order valence-corrected chi connectivity index (χ3v) is 4.73. The van der Waals surface area contributed by atoms with E-state index in [2.05, 4.69) is 34.6 Å². The summed E-state index contributed by atoms with van der Waals surface area (Å²) in [6.07, 6.45) is 3.41. The van der Waals surface area contributed by atoms with Gasteiger partial charge < -0.3 is 10.6 Å². The van der Waals surface area contributed by atoms with E-state index in [9.17, 15) is 4.79 Å². The van der Waals surface area contributed by atoms with Crippen LogP contribution < -0.4 is 10.6 Å². The van der Waals surface area contributed by atoms with Gasteiger partial charge in [0.2, 0.25) is 5.91 Å².